The third-order valence-corrected chi connectivity index (χ3v) is 4.02. The van der Waals surface area contributed by atoms with Gasteiger partial charge >= 0.3 is 5.97 Å². The Balaban J connectivity index is 2.09. The number of aromatic nitrogens is 4. The van der Waals surface area contributed by atoms with Gasteiger partial charge < -0.3 is 20.9 Å². The van der Waals surface area contributed by atoms with Gasteiger partial charge in [0.15, 0.2) is 0 Å². The van der Waals surface area contributed by atoms with Crippen molar-refractivity contribution in [3.63, 3.8) is 0 Å². The molecule has 0 saturated carbocycles. The van der Waals surface area contributed by atoms with E-state index >= 15 is 0 Å². The lowest BCUT2D eigenvalue weighted by Gasteiger charge is -2.11. The number of carbonyl (C=O) groups excluding carboxylic acids is 1. The highest BCUT2D eigenvalue weighted by Gasteiger charge is 2.19. The molecule has 27 heavy (non-hydrogen) atoms. The van der Waals surface area contributed by atoms with E-state index in [1.165, 1.54) is 6.20 Å². The lowest BCUT2D eigenvalue weighted by atomic mass is 10.0. The van der Waals surface area contributed by atoms with E-state index < -0.39 is 11.9 Å². The number of carbonyl (C=O) groups is 2. The molecule has 10 nitrogen and oxygen atoms in total. The molecule has 0 aliphatic heterocycles. The van der Waals surface area contributed by atoms with Crippen LogP contribution in [0.4, 0.5) is 5.69 Å². The van der Waals surface area contributed by atoms with Gasteiger partial charge in [0.05, 0.1) is 35.4 Å². The van der Waals surface area contributed by atoms with Crippen molar-refractivity contribution in [2.45, 2.75) is 20.1 Å². The molecule has 0 spiro atoms. The molecule has 3 aromatic rings. The van der Waals surface area contributed by atoms with Crippen LogP contribution in [0.25, 0.3) is 16.6 Å². The van der Waals surface area contributed by atoms with Gasteiger partial charge in [0.2, 0.25) is 0 Å². The minimum atomic E-state index is -0.984. The topological polar surface area (TPSA) is 137 Å². The second-order valence-corrected chi connectivity index (χ2v) is 5.87. The Morgan fingerprint density at radius 2 is 2.11 bits per heavy atom. The second kappa shape index (κ2) is 7.46. The average Bonchev–Trinajstić information content (AvgIpc) is 3.25. The van der Waals surface area contributed by atoms with E-state index in [-0.39, 0.29) is 18.3 Å². The Bertz CT molecular complexity index is 993. The predicted molar refractivity (Wildman–Crippen MR) is 97.4 cm³/mol. The number of fused-ring (bicyclic) bond motifs is 1. The summed E-state index contributed by atoms with van der Waals surface area (Å²) in [5.41, 5.74) is 8.17. The quantitative estimate of drug-likeness (QED) is 0.543. The van der Waals surface area contributed by atoms with E-state index in [0.29, 0.717) is 28.9 Å². The highest BCUT2D eigenvalue weighted by Crippen LogP contribution is 2.30. The van der Waals surface area contributed by atoms with Gasteiger partial charge in [0, 0.05) is 23.9 Å². The maximum atomic E-state index is 11.9. The summed E-state index contributed by atoms with van der Waals surface area (Å²) in [5.74, 6) is -1.60. The number of aliphatic carboxylic acids is 1. The third-order valence-electron chi connectivity index (χ3n) is 4.02. The van der Waals surface area contributed by atoms with Crippen LogP contribution in [0, 0.1) is 0 Å². The van der Waals surface area contributed by atoms with Crippen molar-refractivity contribution < 1.29 is 19.4 Å². The number of amides is 1. The normalized spacial score (nSPS) is 12.2. The van der Waals surface area contributed by atoms with Gasteiger partial charge in [-0.05, 0) is 19.9 Å². The van der Waals surface area contributed by atoms with Gasteiger partial charge in [0.1, 0.15) is 12.8 Å². The molecule has 3 rings (SSSR count). The fraction of sp³-hybridized carbons (Fsp3) is 0.294. The zero-order chi connectivity index (χ0) is 19.6. The maximum absolute atomic E-state index is 11.9. The molecule has 0 fully saturated rings. The SMILES string of the molecule is CCOC(C)n1cc(-c2c(C(N)=O)cnn3cc(NCC(=O)O)cc23)cn1. The molecule has 4 N–H and O–H groups in total. The summed E-state index contributed by atoms with van der Waals surface area (Å²) >= 11 is 0. The first-order chi connectivity index (χ1) is 12.9. The number of hydrogen-bond acceptors (Lipinski definition) is 6. The average molecular weight is 372 g/mol. The first kappa shape index (κ1) is 18.4. The predicted octanol–water partition coefficient (Wildman–Crippen LogP) is 1.35. The van der Waals surface area contributed by atoms with E-state index in [4.69, 9.17) is 15.6 Å². The molecule has 0 aliphatic carbocycles. The van der Waals surface area contributed by atoms with E-state index in [9.17, 15) is 9.59 Å². The molecule has 10 heteroatoms. The van der Waals surface area contributed by atoms with Crippen LogP contribution in [0.1, 0.15) is 30.4 Å². The Morgan fingerprint density at radius 1 is 1.33 bits per heavy atom. The second-order valence-electron chi connectivity index (χ2n) is 5.87. The highest BCUT2D eigenvalue weighted by molar-refractivity contribution is 6.03. The zero-order valence-electron chi connectivity index (χ0n) is 14.9. The number of nitrogens with one attached hydrogen (secondary N) is 1. The van der Waals surface area contributed by atoms with Gasteiger partial charge in [-0.1, -0.05) is 0 Å². The Morgan fingerprint density at radius 3 is 2.78 bits per heavy atom. The Kier molecular flexibility index (Phi) is 5.08. The molecule has 0 aliphatic rings. The number of nitrogens with zero attached hydrogens (tertiary/aromatic N) is 4. The number of carboxylic acids is 1. The summed E-state index contributed by atoms with van der Waals surface area (Å²) in [4.78, 5) is 22.7. The lowest BCUT2D eigenvalue weighted by molar-refractivity contribution is -0.134. The molecular formula is C17H20N6O4. The molecule has 3 aromatic heterocycles. The highest BCUT2D eigenvalue weighted by atomic mass is 16.5. The Labute approximate surface area is 154 Å². The summed E-state index contributed by atoms with van der Waals surface area (Å²) in [5, 5.41) is 20.1. The van der Waals surface area contributed by atoms with Crippen LogP contribution in [0.3, 0.4) is 0 Å². The summed E-state index contributed by atoms with van der Waals surface area (Å²) < 4.78 is 8.72. The lowest BCUT2D eigenvalue weighted by Crippen LogP contribution is -2.14. The largest absolute Gasteiger partial charge is 0.480 e. The summed E-state index contributed by atoms with van der Waals surface area (Å²) in [7, 11) is 0. The molecule has 0 saturated heterocycles. The fourth-order valence-electron chi connectivity index (χ4n) is 2.80. The minimum Gasteiger partial charge on any atom is -0.480 e. The molecule has 1 atom stereocenters. The van der Waals surface area contributed by atoms with Crippen LogP contribution in [-0.2, 0) is 9.53 Å². The standard InChI is InChI=1S/C17H20N6O4/c1-3-27-10(2)22-8-11(5-20-22)16-13(17(18)26)6-21-23-9-12(4-14(16)23)19-7-15(24)25/h4-6,8-10,19H,3,7H2,1-2H3,(H2,18,26)(H,24,25). The van der Waals surface area contributed by atoms with Gasteiger partial charge in [-0.25, -0.2) is 9.20 Å². The van der Waals surface area contributed by atoms with E-state index in [2.05, 4.69) is 15.5 Å². The third kappa shape index (κ3) is 3.75. The van der Waals surface area contributed by atoms with Crippen LogP contribution in [-0.4, -0.2) is 49.5 Å². The number of anilines is 1. The van der Waals surface area contributed by atoms with Crippen molar-refractivity contribution in [3.05, 3.63) is 36.4 Å². The number of carboxylic acid groups (broad SMARTS) is 1. The molecule has 0 radical (unpaired) electrons. The number of primary amides is 1. The summed E-state index contributed by atoms with van der Waals surface area (Å²) in [6.07, 6.45) is 6.14. The molecule has 0 bridgehead atoms. The van der Waals surface area contributed by atoms with Crippen LogP contribution in [0.2, 0.25) is 0 Å². The van der Waals surface area contributed by atoms with E-state index in [1.807, 2.05) is 13.8 Å². The Hall–Kier alpha value is -3.40. The minimum absolute atomic E-state index is 0.237. The molecule has 142 valence electrons. The van der Waals surface area contributed by atoms with Gasteiger partial charge in [-0.3, -0.25) is 9.59 Å². The first-order valence-electron chi connectivity index (χ1n) is 8.33. The number of hydrogen-bond donors (Lipinski definition) is 3. The van der Waals surface area contributed by atoms with Crippen molar-refractivity contribution in [1.29, 1.82) is 0 Å². The molecule has 1 amide bonds. The number of nitrogens with two attached hydrogens (primary N) is 1. The first-order valence-corrected chi connectivity index (χ1v) is 8.33. The van der Waals surface area contributed by atoms with Gasteiger partial charge in [0.25, 0.3) is 5.91 Å². The van der Waals surface area contributed by atoms with Crippen LogP contribution in [0.5, 0.6) is 0 Å². The van der Waals surface area contributed by atoms with Crippen molar-refractivity contribution in [2.75, 3.05) is 18.5 Å². The van der Waals surface area contributed by atoms with Crippen molar-refractivity contribution >= 4 is 23.1 Å². The van der Waals surface area contributed by atoms with Crippen LogP contribution in [0.15, 0.2) is 30.9 Å². The maximum Gasteiger partial charge on any atom is 0.322 e. The monoisotopic (exact) mass is 372 g/mol. The van der Waals surface area contributed by atoms with Gasteiger partial charge in [-0.15, -0.1) is 0 Å². The van der Waals surface area contributed by atoms with Crippen molar-refractivity contribution in [3.8, 4) is 11.1 Å². The fourth-order valence-corrected chi connectivity index (χ4v) is 2.80. The molecule has 0 aromatic carbocycles. The van der Waals surface area contributed by atoms with Crippen molar-refractivity contribution in [2.24, 2.45) is 5.73 Å². The zero-order valence-corrected chi connectivity index (χ0v) is 14.9. The molecular weight excluding hydrogens is 352 g/mol. The summed E-state index contributed by atoms with van der Waals surface area (Å²) in [6.45, 7) is 4.06. The molecule has 3 heterocycles. The summed E-state index contributed by atoms with van der Waals surface area (Å²) in [6, 6.07) is 1.71. The number of rotatable bonds is 8. The molecule has 1 unspecified atom stereocenters. The van der Waals surface area contributed by atoms with Crippen molar-refractivity contribution in [1.82, 2.24) is 19.4 Å². The smallest absolute Gasteiger partial charge is 0.322 e. The number of ether oxygens (including phenoxy) is 1. The van der Waals surface area contributed by atoms with Gasteiger partial charge in [-0.2, -0.15) is 10.2 Å². The van der Waals surface area contributed by atoms with Crippen LogP contribution < -0.4 is 11.1 Å². The van der Waals surface area contributed by atoms with E-state index in [0.717, 1.165) is 0 Å². The van der Waals surface area contributed by atoms with E-state index in [1.54, 1.807) is 33.9 Å². The van der Waals surface area contributed by atoms with Crippen LogP contribution >= 0.6 is 0 Å².